The zero-order valence-electron chi connectivity index (χ0n) is 16.1. The van der Waals surface area contributed by atoms with Crippen molar-refractivity contribution in [3.8, 4) is 0 Å². The van der Waals surface area contributed by atoms with Crippen molar-refractivity contribution in [2.24, 2.45) is 11.8 Å². The first-order valence-corrected chi connectivity index (χ1v) is 8.84. The van der Waals surface area contributed by atoms with E-state index in [0.717, 1.165) is 12.8 Å². The highest BCUT2D eigenvalue weighted by molar-refractivity contribution is 5.91. The van der Waals surface area contributed by atoms with E-state index in [2.05, 4.69) is 13.8 Å². The van der Waals surface area contributed by atoms with E-state index >= 15 is 0 Å². The van der Waals surface area contributed by atoms with Crippen molar-refractivity contribution >= 4 is 5.91 Å². The number of carbonyl (C=O) groups is 1. The Morgan fingerprint density at radius 1 is 1.36 bits per heavy atom. The second kappa shape index (κ2) is 11.5. The summed E-state index contributed by atoms with van der Waals surface area (Å²) in [6.45, 7) is 5.20. The molecular weight excluding hydrogens is 326 g/mol. The molecule has 1 rings (SSSR count). The first-order chi connectivity index (χ1) is 11.9. The van der Waals surface area contributed by atoms with Crippen molar-refractivity contribution in [1.82, 2.24) is 4.90 Å². The summed E-state index contributed by atoms with van der Waals surface area (Å²) in [5.41, 5.74) is 0. The quantitative estimate of drug-likeness (QED) is 0.447. The van der Waals surface area contributed by atoms with Crippen LogP contribution in [0.5, 0.6) is 0 Å². The van der Waals surface area contributed by atoms with E-state index < -0.39 is 12.6 Å². The Balaban J connectivity index is 2.71. The van der Waals surface area contributed by atoms with Gasteiger partial charge in [-0.3, -0.25) is 4.79 Å². The van der Waals surface area contributed by atoms with Crippen LogP contribution in [0.25, 0.3) is 0 Å². The molecule has 146 valence electrons. The molecular formula is C18H33NO6. The minimum Gasteiger partial charge on any atom is -0.459 e. The van der Waals surface area contributed by atoms with Gasteiger partial charge in [0.15, 0.2) is 12.0 Å². The lowest BCUT2D eigenvalue weighted by Crippen LogP contribution is -2.39. The molecule has 1 amide bonds. The fourth-order valence-corrected chi connectivity index (χ4v) is 2.57. The van der Waals surface area contributed by atoms with Gasteiger partial charge in [0.25, 0.3) is 5.91 Å². The minimum atomic E-state index is -0.482. The first kappa shape index (κ1) is 21.9. The number of allylic oxidation sites excluding steroid dienone is 1. The summed E-state index contributed by atoms with van der Waals surface area (Å²) in [6, 6.07) is 0. The third kappa shape index (κ3) is 7.32. The van der Waals surface area contributed by atoms with E-state index in [0.29, 0.717) is 31.2 Å². The molecule has 0 bridgehead atoms. The summed E-state index contributed by atoms with van der Waals surface area (Å²) in [5, 5.41) is 8.84. The van der Waals surface area contributed by atoms with Gasteiger partial charge in [-0.25, -0.2) is 0 Å². The second-order valence-electron chi connectivity index (χ2n) is 6.61. The Labute approximate surface area is 150 Å². The number of unbranched alkanes of at least 4 members (excludes halogenated alkanes) is 1. The zero-order valence-corrected chi connectivity index (χ0v) is 16.1. The monoisotopic (exact) mass is 359 g/mol. The van der Waals surface area contributed by atoms with Gasteiger partial charge in [-0.05, 0) is 30.8 Å². The second-order valence-corrected chi connectivity index (χ2v) is 6.61. The Morgan fingerprint density at radius 2 is 2.04 bits per heavy atom. The molecule has 7 nitrogen and oxygen atoms in total. The first-order valence-electron chi connectivity index (χ1n) is 8.84. The minimum absolute atomic E-state index is 0.151. The normalized spacial score (nSPS) is 20.6. The van der Waals surface area contributed by atoms with E-state index in [-0.39, 0.29) is 18.4 Å². The van der Waals surface area contributed by atoms with E-state index in [9.17, 15) is 4.79 Å². The van der Waals surface area contributed by atoms with E-state index in [4.69, 9.17) is 24.1 Å². The van der Waals surface area contributed by atoms with Crippen LogP contribution in [0, 0.1) is 11.8 Å². The number of aliphatic hydroxyl groups excluding tert-OH is 1. The predicted octanol–water partition coefficient (Wildman–Crippen LogP) is 1.76. The van der Waals surface area contributed by atoms with Crippen LogP contribution < -0.4 is 0 Å². The maximum atomic E-state index is 12.7. The van der Waals surface area contributed by atoms with Crippen LogP contribution in [0.1, 0.15) is 33.1 Å². The fourth-order valence-electron chi connectivity index (χ4n) is 2.57. The average molecular weight is 359 g/mol. The summed E-state index contributed by atoms with van der Waals surface area (Å²) < 4.78 is 21.8. The zero-order chi connectivity index (χ0) is 18.8. The third-order valence-electron chi connectivity index (χ3n) is 4.31. The predicted molar refractivity (Wildman–Crippen MR) is 93.6 cm³/mol. The number of rotatable bonds is 11. The van der Waals surface area contributed by atoms with Crippen LogP contribution in [0.4, 0.5) is 0 Å². The summed E-state index contributed by atoms with van der Waals surface area (Å²) in [5.74, 6) is 0.690. The topological polar surface area (TPSA) is 77.5 Å². The van der Waals surface area contributed by atoms with Crippen LogP contribution >= 0.6 is 0 Å². The van der Waals surface area contributed by atoms with Crippen molar-refractivity contribution in [1.29, 1.82) is 0 Å². The van der Waals surface area contributed by atoms with Crippen molar-refractivity contribution in [2.75, 3.05) is 41.0 Å². The highest BCUT2D eigenvalue weighted by atomic mass is 16.7. The van der Waals surface area contributed by atoms with Crippen LogP contribution in [0.15, 0.2) is 11.8 Å². The van der Waals surface area contributed by atoms with Crippen molar-refractivity contribution in [2.45, 2.75) is 45.7 Å². The lowest BCUT2D eigenvalue weighted by molar-refractivity contribution is -0.161. The van der Waals surface area contributed by atoms with Crippen LogP contribution in [0.3, 0.4) is 0 Å². The standard InChI is InChI=1S/C18H33NO6/c1-13(2)14-10-15(18(21)19(3)12-17(22-4)23-5)25-16(11-14)24-9-7-6-8-20/h10,13-14,16-17,20H,6-9,11-12H2,1-5H3. The van der Waals surface area contributed by atoms with Gasteiger partial charge in [-0.2, -0.15) is 0 Å². The molecule has 25 heavy (non-hydrogen) atoms. The molecule has 0 fully saturated rings. The van der Waals surface area contributed by atoms with Gasteiger partial charge < -0.3 is 29.0 Å². The number of methoxy groups -OCH3 is 2. The van der Waals surface area contributed by atoms with Crippen molar-refractivity contribution in [3.63, 3.8) is 0 Å². The molecule has 0 aliphatic carbocycles. The highest BCUT2D eigenvalue weighted by Gasteiger charge is 2.31. The summed E-state index contributed by atoms with van der Waals surface area (Å²) in [6.07, 6.45) is 3.15. The van der Waals surface area contributed by atoms with Gasteiger partial charge >= 0.3 is 0 Å². The molecule has 2 atom stereocenters. The van der Waals surface area contributed by atoms with Crippen LogP contribution in [0.2, 0.25) is 0 Å². The van der Waals surface area contributed by atoms with Gasteiger partial charge in [0.2, 0.25) is 6.29 Å². The number of hydrogen-bond donors (Lipinski definition) is 1. The summed E-state index contributed by atoms with van der Waals surface area (Å²) in [7, 11) is 4.76. The summed E-state index contributed by atoms with van der Waals surface area (Å²) >= 11 is 0. The van der Waals surface area contributed by atoms with Gasteiger partial charge in [0.1, 0.15) is 0 Å². The lowest BCUT2D eigenvalue weighted by Gasteiger charge is -2.32. The maximum absolute atomic E-state index is 12.7. The lowest BCUT2D eigenvalue weighted by atomic mass is 9.90. The Kier molecular flexibility index (Phi) is 10.0. The average Bonchev–Trinajstić information content (AvgIpc) is 2.62. The SMILES string of the molecule is COC(CN(C)C(=O)C1=CC(C(C)C)CC(OCCCCO)O1)OC. The Bertz CT molecular complexity index is 422. The molecule has 0 aromatic rings. The number of amides is 1. The fraction of sp³-hybridized carbons (Fsp3) is 0.833. The van der Waals surface area contributed by atoms with Crippen LogP contribution in [-0.2, 0) is 23.7 Å². The van der Waals surface area contributed by atoms with E-state index in [1.54, 1.807) is 7.05 Å². The largest absolute Gasteiger partial charge is 0.459 e. The molecule has 1 N–H and O–H groups in total. The molecule has 0 aromatic heterocycles. The molecule has 0 aromatic carbocycles. The third-order valence-corrected chi connectivity index (χ3v) is 4.31. The molecule has 0 radical (unpaired) electrons. The summed E-state index contributed by atoms with van der Waals surface area (Å²) in [4.78, 5) is 14.2. The van der Waals surface area contributed by atoms with Gasteiger partial charge in [-0.15, -0.1) is 0 Å². The number of ether oxygens (including phenoxy) is 4. The van der Waals surface area contributed by atoms with E-state index in [1.165, 1.54) is 19.1 Å². The molecule has 0 spiro atoms. The Hall–Kier alpha value is -1.15. The van der Waals surface area contributed by atoms with Gasteiger partial charge in [0, 0.05) is 34.3 Å². The smallest absolute Gasteiger partial charge is 0.288 e. The van der Waals surface area contributed by atoms with Gasteiger partial charge in [-0.1, -0.05) is 13.8 Å². The molecule has 2 unspecified atom stereocenters. The molecule has 0 saturated heterocycles. The van der Waals surface area contributed by atoms with Crippen molar-refractivity contribution < 1.29 is 28.8 Å². The molecule has 7 heteroatoms. The molecule has 0 saturated carbocycles. The molecule has 1 aliphatic heterocycles. The van der Waals surface area contributed by atoms with Crippen molar-refractivity contribution in [3.05, 3.63) is 11.8 Å². The number of nitrogens with zero attached hydrogens (tertiary/aromatic N) is 1. The number of hydrogen-bond acceptors (Lipinski definition) is 6. The van der Waals surface area contributed by atoms with Gasteiger partial charge in [0.05, 0.1) is 13.2 Å². The van der Waals surface area contributed by atoms with Crippen LogP contribution in [-0.4, -0.2) is 69.5 Å². The molecule has 1 heterocycles. The maximum Gasteiger partial charge on any atom is 0.288 e. The Morgan fingerprint density at radius 3 is 2.60 bits per heavy atom. The number of aliphatic hydroxyl groups is 1. The highest BCUT2D eigenvalue weighted by Crippen LogP contribution is 2.29. The molecule has 1 aliphatic rings. The number of likely N-dealkylation sites (N-methyl/N-ethyl adjacent to an activating group) is 1. The number of carbonyl (C=O) groups excluding carboxylic acids is 1. The van der Waals surface area contributed by atoms with E-state index in [1.807, 2.05) is 6.08 Å².